The van der Waals surface area contributed by atoms with Crippen molar-refractivity contribution in [3.63, 3.8) is 0 Å². The summed E-state index contributed by atoms with van der Waals surface area (Å²) in [5, 5.41) is 2.79. The largest absolute Gasteiger partial charge is 0.358 e. The average Bonchev–Trinajstić information content (AvgIpc) is 1.99. The van der Waals surface area contributed by atoms with Gasteiger partial charge in [-0.15, -0.1) is 11.8 Å². The Morgan fingerprint density at radius 1 is 1.60 bits per heavy atom. The molecule has 0 saturated heterocycles. The first kappa shape index (κ1) is 9.82. The molecule has 0 radical (unpaired) electrons. The first-order valence-electron chi connectivity index (χ1n) is 3.59. The summed E-state index contributed by atoms with van der Waals surface area (Å²) in [6.45, 7) is 4.10. The van der Waals surface area contributed by atoms with Gasteiger partial charge in [-0.25, -0.2) is 0 Å². The molecule has 0 rings (SSSR count). The van der Waals surface area contributed by atoms with Crippen molar-refractivity contribution < 1.29 is 4.79 Å². The molecule has 1 amide bonds. The molecule has 0 aromatic carbocycles. The maximum atomic E-state index is 11.0. The molecule has 1 atom stereocenters. The Balaban J connectivity index is 3.68. The summed E-state index contributed by atoms with van der Waals surface area (Å²) in [4.78, 5) is 11.0. The van der Waals surface area contributed by atoms with Crippen molar-refractivity contribution in [2.24, 2.45) is 0 Å². The molecule has 3 heteroatoms. The highest BCUT2D eigenvalue weighted by Gasteiger charge is 2.12. The van der Waals surface area contributed by atoms with Crippen LogP contribution in [0.5, 0.6) is 0 Å². The van der Waals surface area contributed by atoms with Crippen LogP contribution in [0.15, 0.2) is 0 Å². The molecule has 60 valence electrons. The van der Waals surface area contributed by atoms with Crippen molar-refractivity contribution in [1.29, 1.82) is 0 Å². The molecule has 2 nitrogen and oxygen atoms in total. The monoisotopic (exact) mass is 161 g/mol. The molecular weight excluding hydrogens is 146 g/mol. The van der Waals surface area contributed by atoms with E-state index < -0.39 is 0 Å². The lowest BCUT2D eigenvalue weighted by Gasteiger charge is -2.10. The zero-order valence-electron chi connectivity index (χ0n) is 6.81. The SMILES string of the molecule is CCSC(CC)C(=O)NC. The van der Waals surface area contributed by atoms with Gasteiger partial charge in [-0.1, -0.05) is 13.8 Å². The van der Waals surface area contributed by atoms with Gasteiger partial charge in [0.15, 0.2) is 0 Å². The van der Waals surface area contributed by atoms with Crippen LogP contribution >= 0.6 is 11.8 Å². The normalized spacial score (nSPS) is 12.7. The maximum Gasteiger partial charge on any atom is 0.232 e. The zero-order valence-corrected chi connectivity index (χ0v) is 7.62. The van der Waals surface area contributed by atoms with E-state index in [0.29, 0.717) is 0 Å². The molecule has 0 fully saturated rings. The predicted molar refractivity (Wildman–Crippen MR) is 46.3 cm³/mol. The van der Waals surface area contributed by atoms with Crippen molar-refractivity contribution in [3.05, 3.63) is 0 Å². The molecule has 1 N–H and O–H groups in total. The fourth-order valence-corrected chi connectivity index (χ4v) is 1.65. The highest BCUT2D eigenvalue weighted by molar-refractivity contribution is 8.00. The Hall–Kier alpha value is -0.180. The summed E-state index contributed by atoms with van der Waals surface area (Å²) in [5.74, 6) is 1.15. The summed E-state index contributed by atoms with van der Waals surface area (Å²) in [7, 11) is 1.68. The minimum absolute atomic E-state index is 0.148. The second-order valence-electron chi connectivity index (χ2n) is 1.97. The number of amides is 1. The zero-order chi connectivity index (χ0) is 7.98. The van der Waals surface area contributed by atoms with Gasteiger partial charge in [0.1, 0.15) is 0 Å². The van der Waals surface area contributed by atoms with Gasteiger partial charge in [-0.2, -0.15) is 0 Å². The Bertz CT molecular complexity index is 106. The number of thioether (sulfide) groups is 1. The minimum atomic E-state index is 0.148. The van der Waals surface area contributed by atoms with E-state index >= 15 is 0 Å². The van der Waals surface area contributed by atoms with E-state index in [1.807, 2.05) is 6.92 Å². The molecule has 0 saturated carbocycles. The van der Waals surface area contributed by atoms with Crippen LogP contribution in [0.2, 0.25) is 0 Å². The van der Waals surface area contributed by atoms with E-state index in [9.17, 15) is 4.79 Å². The standard InChI is InChI=1S/C7H15NOS/c1-4-6(10-5-2)7(9)8-3/h6H,4-5H2,1-3H3,(H,8,9). The summed E-state index contributed by atoms with van der Waals surface area (Å²) in [5.41, 5.74) is 0. The first-order valence-corrected chi connectivity index (χ1v) is 4.64. The van der Waals surface area contributed by atoms with Crippen molar-refractivity contribution in [2.45, 2.75) is 25.5 Å². The molecule has 0 heterocycles. The quantitative estimate of drug-likeness (QED) is 0.672. The topological polar surface area (TPSA) is 29.1 Å². The van der Waals surface area contributed by atoms with Crippen LogP contribution in [-0.4, -0.2) is 24.0 Å². The summed E-state index contributed by atoms with van der Waals surface area (Å²) in [6, 6.07) is 0. The van der Waals surface area contributed by atoms with Crippen LogP contribution in [0.25, 0.3) is 0 Å². The first-order chi connectivity index (χ1) is 4.76. The molecule has 0 aromatic rings. The van der Waals surface area contributed by atoms with Gasteiger partial charge < -0.3 is 5.32 Å². The number of rotatable bonds is 4. The Labute approximate surface area is 66.8 Å². The second kappa shape index (κ2) is 5.59. The third-order valence-electron chi connectivity index (χ3n) is 1.28. The number of nitrogens with one attached hydrogen (secondary N) is 1. The molecule has 0 spiro atoms. The van der Waals surface area contributed by atoms with Crippen LogP contribution in [0.1, 0.15) is 20.3 Å². The molecule has 10 heavy (non-hydrogen) atoms. The van der Waals surface area contributed by atoms with E-state index in [0.717, 1.165) is 12.2 Å². The Kier molecular flexibility index (Phi) is 5.49. The highest BCUT2D eigenvalue weighted by Crippen LogP contribution is 2.13. The van der Waals surface area contributed by atoms with Gasteiger partial charge >= 0.3 is 0 Å². The molecule has 0 aliphatic carbocycles. The van der Waals surface area contributed by atoms with Gasteiger partial charge in [-0.3, -0.25) is 4.79 Å². The minimum Gasteiger partial charge on any atom is -0.358 e. The van der Waals surface area contributed by atoms with Crippen molar-refractivity contribution in [1.82, 2.24) is 5.32 Å². The van der Waals surface area contributed by atoms with Crippen LogP contribution in [0.3, 0.4) is 0 Å². The van der Waals surface area contributed by atoms with Crippen molar-refractivity contribution in [2.75, 3.05) is 12.8 Å². The number of hydrogen-bond acceptors (Lipinski definition) is 2. The van der Waals surface area contributed by atoms with E-state index in [-0.39, 0.29) is 11.2 Å². The highest BCUT2D eigenvalue weighted by atomic mass is 32.2. The summed E-state index contributed by atoms with van der Waals surface area (Å²) in [6.07, 6.45) is 0.915. The van der Waals surface area contributed by atoms with Crippen molar-refractivity contribution >= 4 is 17.7 Å². The van der Waals surface area contributed by atoms with E-state index in [1.165, 1.54) is 0 Å². The molecule has 0 aliphatic heterocycles. The fraction of sp³-hybridized carbons (Fsp3) is 0.857. The lowest BCUT2D eigenvalue weighted by Crippen LogP contribution is -2.29. The summed E-state index contributed by atoms with van der Waals surface area (Å²) < 4.78 is 0. The Morgan fingerprint density at radius 3 is 2.50 bits per heavy atom. The third kappa shape index (κ3) is 3.11. The van der Waals surface area contributed by atoms with Crippen LogP contribution in [0.4, 0.5) is 0 Å². The molecule has 0 bridgehead atoms. The summed E-state index contributed by atoms with van der Waals surface area (Å²) >= 11 is 1.70. The van der Waals surface area contributed by atoms with Crippen LogP contribution < -0.4 is 5.32 Å². The average molecular weight is 161 g/mol. The smallest absolute Gasteiger partial charge is 0.232 e. The number of carbonyl (C=O) groups excluding carboxylic acids is 1. The number of carbonyl (C=O) groups is 1. The molecule has 0 aliphatic rings. The maximum absolute atomic E-state index is 11.0. The van der Waals surface area contributed by atoms with Crippen LogP contribution in [-0.2, 0) is 4.79 Å². The van der Waals surface area contributed by atoms with Gasteiger partial charge in [0.25, 0.3) is 0 Å². The van der Waals surface area contributed by atoms with E-state index in [1.54, 1.807) is 18.8 Å². The predicted octanol–water partition coefficient (Wildman–Crippen LogP) is 1.26. The molecule has 0 aromatic heterocycles. The van der Waals surface area contributed by atoms with Gasteiger partial charge in [0, 0.05) is 7.05 Å². The van der Waals surface area contributed by atoms with Crippen LogP contribution in [0, 0.1) is 0 Å². The Morgan fingerprint density at radius 2 is 2.20 bits per heavy atom. The van der Waals surface area contributed by atoms with Gasteiger partial charge in [-0.05, 0) is 12.2 Å². The third-order valence-corrected chi connectivity index (χ3v) is 2.56. The van der Waals surface area contributed by atoms with Gasteiger partial charge in [0.2, 0.25) is 5.91 Å². The van der Waals surface area contributed by atoms with Crippen molar-refractivity contribution in [3.8, 4) is 0 Å². The van der Waals surface area contributed by atoms with E-state index in [2.05, 4.69) is 12.2 Å². The van der Waals surface area contributed by atoms with Gasteiger partial charge in [0.05, 0.1) is 5.25 Å². The number of hydrogen-bond donors (Lipinski definition) is 1. The lowest BCUT2D eigenvalue weighted by molar-refractivity contribution is -0.120. The molecular formula is C7H15NOS. The molecule has 1 unspecified atom stereocenters. The lowest BCUT2D eigenvalue weighted by atomic mass is 10.3. The second-order valence-corrected chi connectivity index (χ2v) is 3.45. The van der Waals surface area contributed by atoms with E-state index in [4.69, 9.17) is 0 Å². The fourth-order valence-electron chi connectivity index (χ4n) is 0.741.